The maximum absolute atomic E-state index is 13.2. The molecule has 3 aromatic rings. The third-order valence-electron chi connectivity index (χ3n) is 5.30. The van der Waals surface area contributed by atoms with Crippen molar-refractivity contribution in [3.63, 3.8) is 0 Å². The molecule has 4 rings (SSSR count). The number of amides is 1. The van der Waals surface area contributed by atoms with Gasteiger partial charge >= 0.3 is 0 Å². The van der Waals surface area contributed by atoms with Gasteiger partial charge in [0.1, 0.15) is 11.3 Å². The summed E-state index contributed by atoms with van der Waals surface area (Å²) in [5.74, 6) is 1.38. The van der Waals surface area contributed by atoms with Crippen molar-refractivity contribution >= 4 is 5.91 Å². The number of hydrogen-bond acceptors (Lipinski definition) is 5. The van der Waals surface area contributed by atoms with Crippen LogP contribution in [0.15, 0.2) is 47.1 Å². The Morgan fingerprint density at radius 1 is 1.15 bits per heavy atom. The zero-order valence-electron chi connectivity index (χ0n) is 15.6. The second kappa shape index (κ2) is 6.98. The Balaban J connectivity index is 1.79. The molecule has 140 valence electrons. The van der Waals surface area contributed by atoms with Gasteiger partial charge in [0.15, 0.2) is 5.82 Å². The van der Waals surface area contributed by atoms with Crippen LogP contribution in [0.4, 0.5) is 0 Å². The number of rotatable bonds is 7. The molecule has 7 heteroatoms. The fourth-order valence-electron chi connectivity index (χ4n) is 3.83. The number of unbranched alkanes of at least 4 members (excludes halogenated alkanes) is 2. The van der Waals surface area contributed by atoms with Crippen LogP contribution in [0.5, 0.6) is 0 Å². The maximum Gasteiger partial charge on any atom is 0.255 e. The first-order valence-corrected chi connectivity index (χ1v) is 9.36. The standard InChI is InChI=1S/C20H23N5O2/c1-3-4-7-12-25-19(21-22-23-25)20(2)17-11-6-5-10-16(17)18(26)24(20)14-15-9-8-13-27-15/h5-6,8-11,13H,3-4,7,12,14H2,1-2H3. The first-order valence-electron chi connectivity index (χ1n) is 9.36. The smallest absolute Gasteiger partial charge is 0.255 e. The van der Waals surface area contributed by atoms with E-state index in [4.69, 9.17) is 4.42 Å². The lowest BCUT2D eigenvalue weighted by Crippen LogP contribution is -2.44. The summed E-state index contributed by atoms with van der Waals surface area (Å²) in [7, 11) is 0. The van der Waals surface area contributed by atoms with Gasteiger partial charge in [-0.1, -0.05) is 38.0 Å². The first kappa shape index (κ1) is 17.5. The SMILES string of the molecule is CCCCCn1nnnc1C1(C)c2ccccc2C(=O)N1Cc1ccco1. The van der Waals surface area contributed by atoms with Crippen LogP contribution in [-0.4, -0.2) is 31.0 Å². The van der Waals surface area contributed by atoms with Gasteiger partial charge in [0.2, 0.25) is 0 Å². The van der Waals surface area contributed by atoms with Crippen molar-refractivity contribution in [3.8, 4) is 0 Å². The summed E-state index contributed by atoms with van der Waals surface area (Å²) in [5, 5.41) is 12.5. The Hall–Kier alpha value is -2.96. The number of tetrazole rings is 1. The molecule has 1 aliphatic heterocycles. The Morgan fingerprint density at radius 3 is 2.78 bits per heavy atom. The second-order valence-electron chi connectivity index (χ2n) is 7.02. The third kappa shape index (κ3) is 2.83. The predicted octanol–water partition coefficient (Wildman–Crippen LogP) is 3.38. The number of furan rings is 1. The van der Waals surface area contributed by atoms with Gasteiger partial charge in [0.05, 0.1) is 12.8 Å². The van der Waals surface area contributed by atoms with E-state index in [0.717, 1.165) is 37.1 Å². The van der Waals surface area contributed by atoms with Gasteiger partial charge in [-0.25, -0.2) is 4.68 Å². The van der Waals surface area contributed by atoms with Gasteiger partial charge in [0.25, 0.3) is 5.91 Å². The van der Waals surface area contributed by atoms with Gasteiger partial charge in [-0.15, -0.1) is 5.10 Å². The summed E-state index contributed by atoms with van der Waals surface area (Å²) in [6.45, 7) is 5.27. The van der Waals surface area contributed by atoms with E-state index in [9.17, 15) is 4.79 Å². The van der Waals surface area contributed by atoms with Crippen molar-refractivity contribution in [2.45, 2.75) is 51.7 Å². The first-order chi connectivity index (χ1) is 13.2. The lowest BCUT2D eigenvalue weighted by atomic mass is 9.90. The molecule has 0 saturated heterocycles. The van der Waals surface area contributed by atoms with Crippen LogP contribution in [0.2, 0.25) is 0 Å². The van der Waals surface area contributed by atoms with Gasteiger partial charge in [-0.05, 0) is 47.5 Å². The number of aromatic nitrogens is 4. The van der Waals surface area contributed by atoms with Crippen molar-refractivity contribution in [2.75, 3.05) is 0 Å². The van der Waals surface area contributed by atoms with Crippen LogP contribution in [0, 0.1) is 0 Å². The topological polar surface area (TPSA) is 77.1 Å². The van der Waals surface area contributed by atoms with E-state index in [0.29, 0.717) is 17.9 Å². The van der Waals surface area contributed by atoms with Crippen LogP contribution in [-0.2, 0) is 18.6 Å². The largest absolute Gasteiger partial charge is 0.467 e. The van der Waals surface area contributed by atoms with Crippen LogP contribution >= 0.6 is 0 Å². The number of fused-ring (bicyclic) bond motifs is 1. The number of benzene rings is 1. The molecule has 0 bridgehead atoms. The average Bonchev–Trinajstić information content (AvgIpc) is 3.40. The lowest BCUT2D eigenvalue weighted by molar-refractivity contribution is 0.0588. The second-order valence-corrected chi connectivity index (χ2v) is 7.02. The number of nitrogens with zero attached hydrogens (tertiary/aromatic N) is 5. The van der Waals surface area contributed by atoms with Crippen LogP contribution in [0.3, 0.4) is 0 Å². The number of aryl methyl sites for hydroxylation is 1. The van der Waals surface area contributed by atoms with E-state index in [2.05, 4.69) is 22.4 Å². The molecule has 1 amide bonds. The molecule has 1 aliphatic rings. The van der Waals surface area contributed by atoms with Crippen LogP contribution in [0.1, 0.15) is 60.6 Å². The lowest BCUT2D eigenvalue weighted by Gasteiger charge is -2.34. The Kier molecular flexibility index (Phi) is 4.51. The van der Waals surface area contributed by atoms with E-state index < -0.39 is 5.54 Å². The summed E-state index contributed by atoms with van der Waals surface area (Å²) in [5.41, 5.74) is 0.860. The zero-order chi connectivity index (χ0) is 18.9. The van der Waals surface area contributed by atoms with E-state index in [-0.39, 0.29) is 5.91 Å². The molecular weight excluding hydrogens is 342 g/mol. The molecule has 0 N–H and O–H groups in total. The van der Waals surface area contributed by atoms with Crippen molar-refractivity contribution in [1.29, 1.82) is 0 Å². The van der Waals surface area contributed by atoms with Crippen molar-refractivity contribution in [3.05, 3.63) is 65.4 Å². The highest BCUT2D eigenvalue weighted by Crippen LogP contribution is 2.43. The quantitative estimate of drug-likeness (QED) is 0.600. The summed E-state index contributed by atoms with van der Waals surface area (Å²) in [6.07, 6.45) is 4.86. The van der Waals surface area contributed by atoms with Gasteiger partial charge in [-0.3, -0.25) is 4.79 Å². The van der Waals surface area contributed by atoms with E-state index in [1.165, 1.54) is 0 Å². The summed E-state index contributed by atoms with van der Waals surface area (Å²) < 4.78 is 7.34. The van der Waals surface area contributed by atoms with Crippen molar-refractivity contribution in [1.82, 2.24) is 25.1 Å². The maximum atomic E-state index is 13.2. The number of carbonyl (C=O) groups excluding carboxylic acids is 1. The number of hydrogen-bond donors (Lipinski definition) is 0. The summed E-state index contributed by atoms with van der Waals surface area (Å²) >= 11 is 0. The zero-order valence-corrected chi connectivity index (χ0v) is 15.6. The molecule has 1 unspecified atom stereocenters. The molecule has 0 radical (unpaired) electrons. The highest BCUT2D eigenvalue weighted by Gasteiger charge is 2.50. The minimum atomic E-state index is -0.754. The molecule has 0 saturated carbocycles. The molecule has 0 aliphatic carbocycles. The van der Waals surface area contributed by atoms with Crippen molar-refractivity contribution < 1.29 is 9.21 Å². The number of carbonyl (C=O) groups is 1. The van der Waals surface area contributed by atoms with E-state index in [1.54, 1.807) is 11.2 Å². The average molecular weight is 365 g/mol. The molecule has 1 aromatic carbocycles. The Morgan fingerprint density at radius 2 is 2.00 bits per heavy atom. The monoisotopic (exact) mass is 365 g/mol. The molecule has 0 spiro atoms. The van der Waals surface area contributed by atoms with E-state index in [1.807, 2.05) is 48.0 Å². The van der Waals surface area contributed by atoms with Crippen LogP contribution in [0.25, 0.3) is 0 Å². The fraction of sp³-hybridized carbons (Fsp3) is 0.400. The third-order valence-corrected chi connectivity index (χ3v) is 5.30. The highest BCUT2D eigenvalue weighted by atomic mass is 16.3. The minimum absolute atomic E-state index is 0.0346. The van der Waals surface area contributed by atoms with Crippen LogP contribution < -0.4 is 0 Å². The molecule has 3 heterocycles. The molecule has 2 aromatic heterocycles. The molecule has 1 atom stereocenters. The van der Waals surface area contributed by atoms with Crippen molar-refractivity contribution in [2.24, 2.45) is 0 Å². The van der Waals surface area contributed by atoms with Gasteiger partial charge in [-0.2, -0.15) is 0 Å². The van der Waals surface area contributed by atoms with Gasteiger partial charge in [0, 0.05) is 12.1 Å². The molecular formula is C20H23N5O2. The molecule has 7 nitrogen and oxygen atoms in total. The van der Waals surface area contributed by atoms with Gasteiger partial charge < -0.3 is 9.32 Å². The van der Waals surface area contributed by atoms with E-state index >= 15 is 0 Å². The predicted molar refractivity (Wildman–Crippen MR) is 98.8 cm³/mol. The summed E-state index contributed by atoms with van der Waals surface area (Å²) in [6, 6.07) is 11.4. The highest BCUT2D eigenvalue weighted by molar-refractivity contribution is 6.00. The minimum Gasteiger partial charge on any atom is -0.467 e. The normalized spacial score (nSPS) is 18.9. The Labute approximate surface area is 158 Å². The fourth-order valence-corrected chi connectivity index (χ4v) is 3.83. The molecule has 0 fully saturated rings. The Bertz CT molecular complexity index is 934. The summed E-state index contributed by atoms with van der Waals surface area (Å²) in [4.78, 5) is 15.0. The molecule has 27 heavy (non-hydrogen) atoms.